The van der Waals surface area contributed by atoms with E-state index in [-0.39, 0.29) is 11.9 Å². The van der Waals surface area contributed by atoms with Crippen molar-refractivity contribution in [1.29, 1.82) is 0 Å². The lowest BCUT2D eigenvalue weighted by molar-refractivity contribution is -0.302. The molecule has 1 spiro atoms. The maximum Gasteiger partial charge on any atom is 0.171 e. The van der Waals surface area contributed by atoms with Gasteiger partial charge in [-0.15, -0.1) is 0 Å². The van der Waals surface area contributed by atoms with Gasteiger partial charge in [-0.05, 0) is 42.2 Å². The zero-order valence-corrected chi connectivity index (χ0v) is 19.3. The second-order valence-electron chi connectivity index (χ2n) is 9.26. The van der Waals surface area contributed by atoms with E-state index in [1.807, 2.05) is 0 Å². The summed E-state index contributed by atoms with van der Waals surface area (Å²) in [5, 5.41) is 8.19. The summed E-state index contributed by atoms with van der Waals surface area (Å²) in [4.78, 5) is 4.91. The Hall–Kier alpha value is -2.61. The Balaban J connectivity index is 1.44. The summed E-state index contributed by atoms with van der Waals surface area (Å²) >= 11 is 0. The molecule has 1 unspecified atom stereocenters. The minimum atomic E-state index is -0.483. The molecule has 1 atom stereocenters. The minimum Gasteiger partial charge on any atom is -0.350 e. The zero-order valence-electron chi connectivity index (χ0n) is 19.3. The smallest absolute Gasteiger partial charge is 0.171 e. The lowest BCUT2D eigenvalue weighted by Gasteiger charge is -2.43. The summed E-state index contributed by atoms with van der Waals surface area (Å²) in [5.74, 6) is 1.17. The molecular formula is C26H31FN4O2. The van der Waals surface area contributed by atoms with Crippen LogP contribution in [0.1, 0.15) is 50.4 Å². The van der Waals surface area contributed by atoms with Crippen molar-refractivity contribution in [3.63, 3.8) is 0 Å². The second kappa shape index (κ2) is 9.33. The van der Waals surface area contributed by atoms with Crippen LogP contribution in [0.15, 0.2) is 48.5 Å². The Morgan fingerprint density at radius 1 is 1.09 bits per heavy atom. The lowest BCUT2D eigenvalue weighted by atomic mass is 10.0. The molecule has 7 heteroatoms. The molecule has 3 aromatic rings. The average molecular weight is 451 g/mol. The molecule has 2 aromatic carbocycles. The van der Waals surface area contributed by atoms with Crippen molar-refractivity contribution in [2.24, 2.45) is 0 Å². The predicted molar refractivity (Wildman–Crippen MR) is 125 cm³/mol. The highest BCUT2D eigenvalue weighted by atomic mass is 19.1. The van der Waals surface area contributed by atoms with Crippen molar-refractivity contribution < 1.29 is 13.9 Å². The first kappa shape index (κ1) is 22.2. The van der Waals surface area contributed by atoms with Crippen LogP contribution in [0.25, 0.3) is 17.1 Å². The van der Waals surface area contributed by atoms with E-state index < -0.39 is 5.79 Å². The van der Waals surface area contributed by atoms with Crippen LogP contribution in [0.5, 0.6) is 0 Å². The van der Waals surface area contributed by atoms with E-state index >= 15 is 0 Å². The largest absolute Gasteiger partial charge is 0.350 e. The molecule has 0 saturated carbocycles. The number of piperidine rings is 1. The van der Waals surface area contributed by atoms with Crippen LogP contribution in [0.3, 0.4) is 0 Å². The Morgan fingerprint density at radius 2 is 1.82 bits per heavy atom. The molecule has 174 valence electrons. The van der Waals surface area contributed by atoms with Crippen molar-refractivity contribution in [1.82, 2.24) is 20.1 Å². The van der Waals surface area contributed by atoms with E-state index in [1.165, 1.54) is 17.7 Å². The maximum absolute atomic E-state index is 13.6. The maximum atomic E-state index is 13.6. The molecule has 1 aromatic heterocycles. The molecule has 2 saturated heterocycles. The van der Waals surface area contributed by atoms with Crippen LogP contribution in [-0.2, 0) is 15.9 Å². The van der Waals surface area contributed by atoms with Gasteiger partial charge < -0.3 is 14.8 Å². The monoisotopic (exact) mass is 450 g/mol. The summed E-state index contributed by atoms with van der Waals surface area (Å²) < 4.78 is 27.8. The van der Waals surface area contributed by atoms with Crippen molar-refractivity contribution in [3.05, 3.63) is 65.7 Å². The molecule has 3 heterocycles. The van der Waals surface area contributed by atoms with Gasteiger partial charge in [0.2, 0.25) is 0 Å². The third-order valence-electron chi connectivity index (χ3n) is 6.52. The SMILES string of the molecule is CC(C)c1ccc(-c2nc(CC3CCOC4(CCNCC4)O3)nn2-c2ccc(F)cc2)cc1. The first-order valence-electron chi connectivity index (χ1n) is 11.9. The van der Waals surface area contributed by atoms with Crippen LogP contribution in [0, 0.1) is 5.82 Å². The number of nitrogens with one attached hydrogen (secondary N) is 1. The fraction of sp³-hybridized carbons (Fsp3) is 0.462. The number of hydrogen-bond acceptors (Lipinski definition) is 5. The Morgan fingerprint density at radius 3 is 2.52 bits per heavy atom. The van der Waals surface area contributed by atoms with Crippen molar-refractivity contribution in [3.8, 4) is 17.1 Å². The van der Waals surface area contributed by atoms with E-state index in [0.717, 1.165) is 55.3 Å². The highest BCUT2D eigenvalue weighted by molar-refractivity contribution is 5.58. The normalized spacial score (nSPS) is 20.4. The van der Waals surface area contributed by atoms with Gasteiger partial charge in [0.15, 0.2) is 17.4 Å². The first-order chi connectivity index (χ1) is 16.0. The summed E-state index contributed by atoms with van der Waals surface area (Å²) in [6.07, 6.45) is 3.16. The molecule has 5 rings (SSSR count). The minimum absolute atomic E-state index is 0.0112. The predicted octanol–water partition coefficient (Wildman–Crippen LogP) is 4.62. The van der Waals surface area contributed by atoms with Crippen LogP contribution in [0.4, 0.5) is 4.39 Å². The van der Waals surface area contributed by atoms with E-state index in [0.29, 0.717) is 18.9 Å². The number of benzene rings is 2. The average Bonchev–Trinajstić information content (AvgIpc) is 3.24. The molecular weight excluding hydrogens is 419 g/mol. The van der Waals surface area contributed by atoms with Crippen molar-refractivity contribution in [2.45, 2.75) is 57.3 Å². The van der Waals surface area contributed by atoms with Gasteiger partial charge in [0.1, 0.15) is 5.82 Å². The molecule has 2 fully saturated rings. The number of aromatic nitrogens is 3. The molecule has 1 N–H and O–H groups in total. The van der Waals surface area contributed by atoms with Gasteiger partial charge in [-0.1, -0.05) is 38.1 Å². The zero-order chi connectivity index (χ0) is 22.8. The van der Waals surface area contributed by atoms with Crippen molar-refractivity contribution >= 4 is 0 Å². The van der Waals surface area contributed by atoms with Gasteiger partial charge in [0.05, 0.1) is 18.4 Å². The molecule has 0 bridgehead atoms. The molecule has 33 heavy (non-hydrogen) atoms. The van der Waals surface area contributed by atoms with Crippen molar-refractivity contribution in [2.75, 3.05) is 19.7 Å². The topological polar surface area (TPSA) is 61.2 Å². The summed E-state index contributed by atoms with van der Waals surface area (Å²) in [6.45, 7) is 6.85. The fourth-order valence-corrected chi connectivity index (χ4v) is 4.60. The molecule has 0 aliphatic carbocycles. The van der Waals surface area contributed by atoms with Gasteiger partial charge >= 0.3 is 0 Å². The summed E-state index contributed by atoms with van der Waals surface area (Å²) in [5.41, 5.74) is 3.03. The Bertz CT molecular complexity index is 1070. The van der Waals surface area contributed by atoms with E-state index in [4.69, 9.17) is 19.6 Å². The van der Waals surface area contributed by atoms with Crippen LogP contribution in [-0.4, -0.2) is 46.4 Å². The lowest BCUT2D eigenvalue weighted by Crippen LogP contribution is -2.51. The van der Waals surface area contributed by atoms with Gasteiger partial charge in [-0.25, -0.2) is 14.1 Å². The standard InChI is InChI=1S/C26H31FN4O2/c1-18(2)19-3-5-20(6-4-19)25-29-24(30-31(25)22-9-7-21(27)8-10-22)17-23-11-16-32-26(33-23)12-14-28-15-13-26/h3-10,18,23,28H,11-17H2,1-2H3. The van der Waals surface area contributed by atoms with E-state index in [1.54, 1.807) is 16.8 Å². The number of hydrogen-bond donors (Lipinski definition) is 1. The number of nitrogens with zero attached hydrogens (tertiary/aromatic N) is 3. The second-order valence-corrected chi connectivity index (χ2v) is 9.26. The Kier molecular flexibility index (Phi) is 6.27. The summed E-state index contributed by atoms with van der Waals surface area (Å²) in [6, 6.07) is 14.8. The fourth-order valence-electron chi connectivity index (χ4n) is 4.60. The Labute approximate surface area is 194 Å². The molecule has 0 radical (unpaired) electrons. The summed E-state index contributed by atoms with van der Waals surface area (Å²) in [7, 11) is 0. The van der Waals surface area contributed by atoms with E-state index in [2.05, 4.69) is 43.4 Å². The highest BCUT2D eigenvalue weighted by Gasteiger charge is 2.40. The van der Waals surface area contributed by atoms with Crippen LogP contribution < -0.4 is 5.32 Å². The van der Waals surface area contributed by atoms with Crippen LogP contribution in [0.2, 0.25) is 0 Å². The third kappa shape index (κ3) is 4.86. The number of rotatable bonds is 5. The third-order valence-corrected chi connectivity index (χ3v) is 6.52. The van der Waals surface area contributed by atoms with Gasteiger partial charge in [-0.2, -0.15) is 5.10 Å². The molecule has 2 aliphatic heterocycles. The highest BCUT2D eigenvalue weighted by Crippen LogP contribution is 2.32. The van der Waals surface area contributed by atoms with Gasteiger partial charge in [-0.3, -0.25) is 0 Å². The number of ether oxygens (including phenoxy) is 2. The molecule has 0 amide bonds. The van der Waals surface area contributed by atoms with Gasteiger partial charge in [0, 0.05) is 37.9 Å². The van der Waals surface area contributed by atoms with E-state index in [9.17, 15) is 4.39 Å². The molecule has 2 aliphatic rings. The molecule has 6 nitrogen and oxygen atoms in total. The first-order valence-corrected chi connectivity index (χ1v) is 11.9. The number of halogens is 1. The quantitative estimate of drug-likeness (QED) is 0.614. The van der Waals surface area contributed by atoms with Crippen LogP contribution >= 0.6 is 0 Å². The van der Waals surface area contributed by atoms with Gasteiger partial charge in [0.25, 0.3) is 0 Å².